The van der Waals surface area contributed by atoms with Crippen LogP contribution in [0.2, 0.25) is 0 Å². The lowest BCUT2D eigenvalue weighted by Gasteiger charge is -2.30. The summed E-state index contributed by atoms with van der Waals surface area (Å²) in [6, 6.07) is 13.1. The van der Waals surface area contributed by atoms with E-state index in [0.29, 0.717) is 0 Å². The molecule has 3 nitrogen and oxygen atoms in total. The van der Waals surface area contributed by atoms with Crippen LogP contribution in [0.15, 0.2) is 48.2 Å². The second-order valence-electron chi connectivity index (χ2n) is 7.01. The average Bonchev–Trinajstić information content (AvgIpc) is 2.63. The first-order valence-corrected chi connectivity index (χ1v) is 9.24. The Labute approximate surface area is 149 Å². The van der Waals surface area contributed by atoms with Crippen LogP contribution in [0.5, 0.6) is 0 Å². The summed E-state index contributed by atoms with van der Waals surface area (Å²) in [7, 11) is 0. The maximum atomic E-state index is 11.7. The number of benzene rings is 1. The third kappa shape index (κ3) is 3.11. The van der Waals surface area contributed by atoms with Crippen LogP contribution in [0.4, 0.5) is 0 Å². The van der Waals surface area contributed by atoms with Gasteiger partial charge in [0.2, 0.25) is 5.91 Å². The van der Waals surface area contributed by atoms with Crippen molar-refractivity contribution in [3.8, 4) is 0 Å². The Hall–Kier alpha value is -2.42. The van der Waals surface area contributed by atoms with Gasteiger partial charge in [-0.3, -0.25) is 9.78 Å². The van der Waals surface area contributed by atoms with Gasteiger partial charge in [-0.15, -0.1) is 0 Å². The van der Waals surface area contributed by atoms with Crippen molar-refractivity contribution in [2.24, 2.45) is 0 Å². The molecule has 3 heteroatoms. The van der Waals surface area contributed by atoms with Gasteiger partial charge in [-0.25, -0.2) is 0 Å². The number of carbonyl (C=O) groups excluding carboxylic acids is 1. The Morgan fingerprint density at radius 2 is 1.68 bits per heavy atom. The number of likely N-dealkylation sites (tertiary alicyclic amines) is 1. The molecule has 2 aliphatic rings. The molecule has 0 radical (unpaired) electrons. The predicted octanol–water partition coefficient (Wildman–Crippen LogP) is 4.01. The van der Waals surface area contributed by atoms with E-state index in [1.54, 1.807) is 6.92 Å². The molecule has 128 valence electrons. The second kappa shape index (κ2) is 6.83. The van der Waals surface area contributed by atoms with Gasteiger partial charge in [-0.1, -0.05) is 35.9 Å². The average molecular weight is 332 g/mol. The van der Waals surface area contributed by atoms with Gasteiger partial charge in [0.15, 0.2) is 0 Å². The molecule has 25 heavy (non-hydrogen) atoms. The zero-order valence-corrected chi connectivity index (χ0v) is 14.8. The molecule has 0 atom stereocenters. The molecular weight excluding hydrogens is 308 g/mol. The monoisotopic (exact) mass is 332 g/mol. The minimum absolute atomic E-state index is 0.181. The molecule has 2 heterocycles. The van der Waals surface area contributed by atoms with E-state index in [1.165, 1.54) is 27.8 Å². The lowest BCUT2D eigenvalue weighted by atomic mass is 9.83. The quantitative estimate of drug-likeness (QED) is 0.730. The first-order chi connectivity index (χ1) is 12.2. The normalized spacial score (nSPS) is 17.4. The fourth-order valence-electron chi connectivity index (χ4n) is 4.14. The van der Waals surface area contributed by atoms with Crippen molar-refractivity contribution < 1.29 is 4.79 Å². The van der Waals surface area contributed by atoms with Crippen LogP contribution in [0.1, 0.15) is 48.6 Å². The third-order valence-electron chi connectivity index (χ3n) is 5.47. The number of aromatic nitrogens is 1. The van der Waals surface area contributed by atoms with Crippen LogP contribution < -0.4 is 0 Å². The van der Waals surface area contributed by atoms with E-state index in [2.05, 4.69) is 30.3 Å². The molecule has 0 spiro atoms. The summed E-state index contributed by atoms with van der Waals surface area (Å²) >= 11 is 0. The minimum Gasteiger partial charge on any atom is -0.342 e. The van der Waals surface area contributed by atoms with E-state index in [-0.39, 0.29) is 5.91 Å². The molecule has 1 aromatic carbocycles. The van der Waals surface area contributed by atoms with E-state index >= 15 is 0 Å². The molecule has 0 bridgehead atoms. The van der Waals surface area contributed by atoms with Crippen molar-refractivity contribution in [3.63, 3.8) is 0 Å². The lowest BCUT2D eigenvalue weighted by Crippen LogP contribution is -2.34. The van der Waals surface area contributed by atoms with Crippen molar-refractivity contribution in [3.05, 3.63) is 70.6 Å². The van der Waals surface area contributed by atoms with E-state index in [4.69, 9.17) is 4.98 Å². The van der Waals surface area contributed by atoms with Crippen molar-refractivity contribution in [2.75, 3.05) is 13.1 Å². The minimum atomic E-state index is 0.181. The number of nitrogens with zero attached hydrogens (tertiary/aromatic N) is 2. The number of aryl methyl sites for hydroxylation is 2. The van der Waals surface area contributed by atoms with Gasteiger partial charge in [0, 0.05) is 31.8 Å². The standard InChI is InChI=1S/C22H24N2O/c1-16(25)24-14-11-18(12-15-24)21-20-10-3-2-6-17(20)7-4-8-19-9-5-13-23-22(19)21/h2-3,5-6,9-10,13H,4,7-8,11-12,14-15H2,1H3. The topological polar surface area (TPSA) is 33.2 Å². The summed E-state index contributed by atoms with van der Waals surface area (Å²) in [5.74, 6) is 0.181. The molecule has 1 aliphatic carbocycles. The van der Waals surface area contributed by atoms with Crippen LogP contribution in [0, 0.1) is 0 Å². The predicted molar refractivity (Wildman–Crippen MR) is 100 cm³/mol. The number of rotatable bonds is 0. The molecule has 0 N–H and O–H groups in total. The van der Waals surface area contributed by atoms with Crippen molar-refractivity contribution >= 4 is 11.5 Å². The number of hydrogen-bond donors (Lipinski definition) is 0. The largest absolute Gasteiger partial charge is 0.342 e. The number of pyridine rings is 1. The first kappa shape index (κ1) is 16.1. The molecule has 0 unspecified atom stereocenters. The lowest BCUT2D eigenvalue weighted by molar-refractivity contribution is -0.129. The third-order valence-corrected chi connectivity index (χ3v) is 5.47. The highest BCUT2D eigenvalue weighted by molar-refractivity contribution is 5.84. The maximum absolute atomic E-state index is 11.7. The molecule has 1 aliphatic heterocycles. The van der Waals surface area contributed by atoms with Gasteiger partial charge in [0.25, 0.3) is 0 Å². The molecule has 1 fully saturated rings. The van der Waals surface area contributed by atoms with E-state index in [1.807, 2.05) is 17.2 Å². The van der Waals surface area contributed by atoms with E-state index < -0.39 is 0 Å². The number of amides is 1. The zero-order chi connectivity index (χ0) is 17.2. The maximum Gasteiger partial charge on any atom is 0.219 e. The fraction of sp³-hybridized carbons (Fsp3) is 0.364. The Kier molecular flexibility index (Phi) is 4.39. The number of hydrogen-bond acceptors (Lipinski definition) is 2. The van der Waals surface area contributed by atoms with Gasteiger partial charge < -0.3 is 4.90 Å². The molecule has 4 rings (SSSR count). The van der Waals surface area contributed by atoms with Crippen LogP contribution in [-0.2, 0) is 17.6 Å². The summed E-state index contributed by atoms with van der Waals surface area (Å²) in [6.07, 6.45) is 7.15. The number of piperidine rings is 1. The highest BCUT2D eigenvalue weighted by Crippen LogP contribution is 2.36. The highest BCUT2D eigenvalue weighted by Gasteiger charge is 2.24. The van der Waals surface area contributed by atoms with Gasteiger partial charge in [-0.05, 0) is 54.9 Å². The Balaban J connectivity index is 1.85. The molecular formula is C22H24N2O. The molecule has 1 aromatic heterocycles. The molecule has 2 aromatic rings. The van der Waals surface area contributed by atoms with Gasteiger partial charge >= 0.3 is 0 Å². The van der Waals surface area contributed by atoms with E-state index in [0.717, 1.165) is 50.9 Å². The Morgan fingerprint density at radius 3 is 2.48 bits per heavy atom. The second-order valence-corrected chi connectivity index (χ2v) is 7.01. The fourth-order valence-corrected chi connectivity index (χ4v) is 4.14. The van der Waals surface area contributed by atoms with Crippen LogP contribution in [0.25, 0.3) is 5.57 Å². The van der Waals surface area contributed by atoms with Gasteiger partial charge in [-0.2, -0.15) is 0 Å². The van der Waals surface area contributed by atoms with E-state index in [9.17, 15) is 4.79 Å². The van der Waals surface area contributed by atoms with Crippen molar-refractivity contribution in [1.82, 2.24) is 9.88 Å². The smallest absolute Gasteiger partial charge is 0.219 e. The van der Waals surface area contributed by atoms with Crippen molar-refractivity contribution in [2.45, 2.75) is 39.0 Å². The van der Waals surface area contributed by atoms with Gasteiger partial charge in [0.05, 0.1) is 5.69 Å². The Morgan fingerprint density at radius 1 is 0.960 bits per heavy atom. The molecule has 1 amide bonds. The molecule has 0 saturated carbocycles. The summed E-state index contributed by atoms with van der Waals surface area (Å²) in [5.41, 5.74) is 8.05. The van der Waals surface area contributed by atoms with Crippen molar-refractivity contribution in [1.29, 1.82) is 0 Å². The van der Waals surface area contributed by atoms with Gasteiger partial charge in [0.1, 0.15) is 0 Å². The Bertz CT molecular complexity index is 778. The summed E-state index contributed by atoms with van der Waals surface area (Å²) in [4.78, 5) is 18.4. The summed E-state index contributed by atoms with van der Waals surface area (Å²) in [5, 5.41) is 0. The first-order valence-electron chi connectivity index (χ1n) is 9.24. The van der Waals surface area contributed by atoms with Crippen LogP contribution >= 0.6 is 0 Å². The molecule has 1 saturated heterocycles. The number of fused-ring (bicyclic) bond motifs is 2. The zero-order valence-electron chi connectivity index (χ0n) is 14.8. The highest BCUT2D eigenvalue weighted by atomic mass is 16.2. The van der Waals surface area contributed by atoms with Crippen LogP contribution in [0.3, 0.4) is 0 Å². The summed E-state index contributed by atoms with van der Waals surface area (Å²) < 4.78 is 0. The SMILES string of the molecule is CC(=O)N1CCC(=C2c3ccccc3CCCc3cccnc32)CC1. The number of carbonyl (C=O) groups is 1. The van der Waals surface area contributed by atoms with Crippen LogP contribution in [-0.4, -0.2) is 28.9 Å². The summed E-state index contributed by atoms with van der Waals surface area (Å²) in [6.45, 7) is 3.30.